The van der Waals surface area contributed by atoms with Crippen LogP contribution in [0.2, 0.25) is 5.15 Å². The van der Waals surface area contributed by atoms with Crippen LogP contribution in [0.15, 0.2) is 5.10 Å². The summed E-state index contributed by atoms with van der Waals surface area (Å²) in [6.07, 6.45) is 2.70. The van der Waals surface area contributed by atoms with E-state index in [1.807, 2.05) is 38.6 Å². The molecule has 0 amide bonds. The minimum absolute atomic E-state index is 0.404. The zero-order valence-electron chi connectivity index (χ0n) is 12.3. The van der Waals surface area contributed by atoms with Crippen molar-refractivity contribution in [2.45, 2.75) is 40.7 Å². The fourth-order valence-corrected chi connectivity index (χ4v) is 2.23. The molecule has 2 aromatic rings. The highest BCUT2D eigenvalue weighted by atomic mass is 35.5. The first-order valence-electron chi connectivity index (χ1n) is 6.74. The number of aromatic nitrogens is 3. The molecular formula is C14H19ClN4O. The summed E-state index contributed by atoms with van der Waals surface area (Å²) in [5.41, 5.74) is 3.51. The van der Waals surface area contributed by atoms with Crippen molar-refractivity contribution >= 4 is 28.8 Å². The van der Waals surface area contributed by atoms with Crippen LogP contribution in [0.3, 0.4) is 0 Å². The Morgan fingerprint density at radius 2 is 2.05 bits per heavy atom. The number of fused-ring (bicyclic) bond motifs is 1. The molecule has 0 saturated carbocycles. The Kier molecular flexibility index (Phi) is 4.73. The van der Waals surface area contributed by atoms with Gasteiger partial charge in [-0.25, -0.2) is 14.6 Å². The highest BCUT2D eigenvalue weighted by Crippen LogP contribution is 2.27. The summed E-state index contributed by atoms with van der Waals surface area (Å²) in [4.78, 5) is 8.85. The second-order valence-corrected chi connectivity index (χ2v) is 4.85. The molecule has 6 heteroatoms. The second kappa shape index (κ2) is 6.33. The van der Waals surface area contributed by atoms with Gasteiger partial charge in [0.1, 0.15) is 17.6 Å². The van der Waals surface area contributed by atoms with Crippen LogP contribution in [0.5, 0.6) is 0 Å². The lowest BCUT2D eigenvalue weighted by molar-refractivity contribution is 0.126. The molecule has 0 atom stereocenters. The lowest BCUT2D eigenvalue weighted by Gasteiger charge is -2.06. The predicted molar refractivity (Wildman–Crippen MR) is 81.5 cm³/mol. The van der Waals surface area contributed by atoms with E-state index in [4.69, 9.17) is 16.3 Å². The van der Waals surface area contributed by atoms with E-state index in [1.165, 1.54) is 0 Å². The monoisotopic (exact) mass is 294 g/mol. The Morgan fingerprint density at radius 1 is 1.30 bits per heavy atom. The second-order valence-electron chi connectivity index (χ2n) is 4.49. The average molecular weight is 295 g/mol. The number of rotatable bonds is 5. The molecule has 0 fully saturated rings. The van der Waals surface area contributed by atoms with Gasteiger partial charge in [-0.15, -0.1) is 0 Å². The van der Waals surface area contributed by atoms with Crippen LogP contribution < -0.4 is 0 Å². The highest BCUT2D eigenvalue weighted by molar-refractivity contribution is 6.33. The van der Waals surface area contributed by atoms with Crippen LogP contribution in [0.25, 0.3) is 11.0 Å². The third-order valence-electron chi connectivity index (χ3n) is 3.10. The standard InChI is InChI=1S/C14H19ClN4O/c1-5-7-16-19-11(8-20-6-2)18-12-13(19)9(3)10(4)17-14(12)15/h7H,5-6,8H2,1-4H3. The summed E-state index contributed by atoms with van der Waals surface area (Å²) in [6, 6.07) is 0. The molecule has 5 nitrogen and oxygen atoms in total. The highest BCUT2D eigenvalue weighted by Gasteiger charge is 2.17. The van der Waals surface area contributed by atoms with Crippen molar-refractivity contribution in [3.8, 4) is 0 Å². The smallest absolute Gasteiger partial charge is 0.157 e. The number of imidazole rings is 1. The summed E-state index contributed by atoms with van der Waals surface area (Å²) in [6.45, 7) is 8.96. The van der Waals surface area contributed by atoms with Gasteiger partial charge in [0.2, 0.25) is 0 Å². The van der Waals surface area contributed by atoms with E-state index in [-0.39, 0.29) is 0 Å². The van der Waals surface area contributed by atoms with E-state index in [1.54, 1.807) is 0 Å². The Morgan fingerprint density at radius 3 is 2.70 bits per heavy atom. The summed E-state index contributed by atoms with van der Waals surface area (Å²) in [5.74, 6) is 0.740. The molecule has 2 rings (SSSR count). The van der Waals surface area contributed by atoms with Crippen molar-refractivity contribution in [3.05, 3.63) is 22.2 Å². The van der Waals surface area contributed by atoms with Gasteiger partial charge in [0.15, 0.2) is 11.0 Å². The molecule has 0 aliphatic rings. The maximum absolute atomic E-state index is 6.21. The van der Waals surface area contributed by atoms with Crippen LogP contribution in [0, 0.1) is 13.8 Å². The zero-order valence-corrected chi connectivity index (χ0v) is 13.0. The predicted octanol–water partition coefficient (Wildman–Crippen LogP) is 3.48. The third-order valence-corrected chi connectivity index (χ3v) is 3.36. The Balaban J connectivity index is 2.70. The average Bonchev–Trinajstić information content (AvgIpc) is 2.79. The van der Waals surface area contributed by atoms with Crippen molar-refractivity contribution in [3.63, 3.8) is 0 Å². The van der Waals surface area contributed by atoms with Gasteiger partial charge in [-0.3, -0.25) is 0 Å². The van der Waals surface area contributed by atoms with Gasteiger partial charge in [-0.2, -0.15) is 5.10 Å². The van der Waals surface area contributed by atoms with E-state index in [0.29, 0.717) is 23.9 Å². The van der Waals surface area contributed by atoms with E-state index in [2.05, 4.69) is 15.1 Å². The van der Waals surface area contributed by atoms with Crippen LogP contribution in [-0.2, 0) is 11.3 Å². The fraction of sp³-hybridized carbons (Fsp3) is 0.500. The van der Waals surface area contributed by atoms with Gasteiger partial charge in [0, 0.05) is 18.5 Å². The molecule has 0 unspecified atom stereocenters. The summed E-state index contributed by atoms with van der Waals surface area (Å²) < 4.78 is 7.27. The fourth-order valence-electron chi connectivity index (χ4n) is 1.97. The molecule has 2 heterocycles. The summed E-state index contributed by atoms with van der Waals surface area (Å²) in [5, 5.41) is 4.88. The Hall–Kier alpha value is -1.46. The quantitative estimate of drug-likeness (QED) is 0.626. The van der Waals surface area contributed by atoms with Gasteiger partial charge in [-0.1, -0.05) is 18.5 Å². The molecule has 0 radical (unpaired) electrons. The number of halogens is 1. The minimum Gasteiger partial charge on any atom is -0.374 e. The molecule has 0 spiro atoms. The van der Waals surface area contributed by atoms with Crippen LogP contribution in [0.4, 0.5) is 0 Å². The van der Waals surface area contributed by atoms with Crippen LogP contribution in [-0.4, -0.2) is 27.5 Å². The first-order chi connectivity index (χ1) is 9.60. The number of pyridine rings is 1. The maximum atomic E-state index is 6.21. The Bertz CT molecular complexity index is 648. The first-order valence-corrected chi connectivity index (χ1v) is 7.12. The lowest BCUT2D eigenvalue weighted by atomic mass is 10.2. The lowest BCUT2D eigenvalue weighted by Crippen LogP contribution is -2.02. The number of aryl methyl sites for hydroxylation is 2. The maximum Gasteiger partial charge on any atom is 0.157 e. The molecule has 2 aromatic heterocycles. The molecule has 0 saturated heterocycles. The largest absolute Gasteiger partial charge is 0.374 e. The van der Waals surface area contributed by atoms with Gasteiger partial charge in [0.05, 0.1) is 0 Å². The zero-order chi connectivity index (χ0) is 14.7. The molecule has 0 bridgehead atoms. The van der Waals surface area contributed by atoms with Crippen molar-refractivity contribution in [1.29, 1.82) is 0 Å². The molecule has 0 aromatic carbocycles. The van der Waals surface area contributed by atoms with Gasteiger partial charge < -0.3 is 4.74 Å². The SMILES string of the molecule is CCC=Nn1c(COCC)nc2c(Cl)nc(C)c(C)c21. The van der Waals surface area contributed by atoms with Gasteiger partial charge in [0.25, 0.3) is 0 Å². The van der Waals surface area contributed by atoms with Crippen molar-refractivity contribution in [2.75, 3.05) is 6.61 Å². The molecular weight excluding hydrogens is 276 g/mol. The normalized spacial score (nSPS) is 11.8. The summed E-state index contributed by atoms with van der Waals surface area (Å²) >= 11 is 6.21. The number of hydrogen-bond donors (Lipinski definition) is 0. The topological polar surface area (TPSA) is 52.3 Å². The first kappa shape index (κ1) is 14.9. The third kappa shape index (κ3) is 2.69. The van der Waals surface area contributed by atoms with E-state index >= 15 is 0 Å². The molecule has 0 aliphatic heterocycles. The molecule has 20 heavy (non-hydrogen) atoms. The Labute approximate surface area is 123 Å². The number of nitrogens with zero attached hydrogens (tertiary/aromatic N) is 4. The van der Waals surface area contributed by atoms with Crippen LogP contribution in [0.1, 0.15) is 37.4 Å². The molecule has 108 valence electrons. The van der Waals surface area contributed by atoms with Crippen molar-refractivity contribution < 1.29 is 4.74 Å². The molecule has 0 aliphatic carbocycles. The molecule has 0 N–H and O–H groups in total. The number of ether oxygens (including phenoxy) is 1. The van der Waals surface area contributed by atoms with Gasteiger partial charge in [-0.05, 0) is 32.8 Å². The summed E-state index contributed by atoms with van der Waals surface area (Å²) in [7, 11) is 0. The van der Waals surface area contributed by atoms with Gasteiger partial charge >= 0.3 is 0 Å². The van der Waals surface area contributed by atoms with E-state index in [0.717, 1.165) is 29.0 Å². The van der Waals surface area contributed by atoms with E-state index < -0.39 is 0 Å². The van der Waals surface area contributed by atoms with Crippen molar-refractivity contribution in [2.24, 2.45) is 5.10 Å². The minimum atomic E-state index is 0.404. The van der Waals surface area contributed by atoms with E-state index in [9.17, 15) is 0 Å². The number of hydrogen-bond acceptors (Lipinski definition) is 4. The van der Waals surface area contributed by atoms with Crippen LogP contribution >= 0.6 is 11.6 Å². The van der Waals surface area contributed by atoms with Crippen molar-refractivity contribution in [1.82, 2.24) is 14.6 Å².